The number of nitrogens with one attached hydrogen (secondary N) is 1. The Kier molecular flexibility index (Phi) is 4.33. The van der Waals surface area contributed by atoms with Gasteiger partial charge < -0.3 is 4.98 Å². The van der Waals surface area contributed by atoms with Gasteiger partial charge in [0.1, 0.15) is 5.82 Å². The van der Waals surface area contributed by atoms with Crippen LogP contribution in [0.25, 0.3) is 11.3 Å². The molecule has 0 aliphatic carbocycles. The lowest BCUT2D eigenvalue weighted by molar-refractivity contribution is 0.407. The minimum atomic E-state index is 0.222. The van der Waals surface area contributed by atoms with E-state index in [-0.39, 0.29) is 5.41 Å². The fourth-order valence-corrected chi connectivity index (χ4v) is 2.83. The Morgan fingerprint density at radius 1 is 0.870 bits per heavy atom. The summed E-state index contributed by atoms with van der Waals surface area (Å²) < 4.78 is 0. The molecule has 0 radical (unpaired) electrons. The van der Waals surface area contributed by atoms with Crippen LogP contribution >= 0.6 is 0 Å². The fraction of sp³-hybridized carbons (Fsp3) is 0.286. The van der Waals surface area contributed by atoms with Crippen molar-refractivity contribution in [1.82, 2.24) is 9.97 Å². The lowest BCUT2D eigenvalue weighted by Crippen LogP contribution is -2.10. The maximum absolute atomic E-state index is 4.90. The Hall–Kier alpha value is -2.35. The highest BCUT2D eigenvalue weighted by atomic mass is 14.9. The third-order valence-corrected chi connectivity index (χ3v) is 3.80. The van der Waals surface area contributed by atoms with Gasteiger partial charge in [0.15, 0.2) is 0 Å². The largest absolute Gasteiger partial charge is 0.345 e. The molecule has 2 heteroatoms. The second kappa shape index (κ2) is 6.41. The van der Waals surface area contributed by atoms with Crippen LogP contribution in [0.3, 0.4) is 0 Å². The third kappa shape index (κ3) is 4.10. The van der Waals surface area contributed by atoms with Gasteiger partial charge in [-0.3, -0.25) is 0 Å². The topological polar surface area (TPSA) is 28.7 Å². The Labute approximate surface area is 138 Å². The van der Waals surface area contributed by atoms with Crippen molar-refractivity contribution >= 4 is 0 Å². The van der Waals surface area contributed by atoms with Gasteiger partial charge in [0.25, 0.3) is 0 Å². The van der Waals surface area contributed by atoms with Gasteiger partial charge in [0.2, 0.25) is 0 Å². The first kappa shape index (κ1) is 15.5. The zero-order valence-electron chi connectivity index (χ0n) is 14.1. The van der Waals surface area contributed by atoms with Gasteiger partial charge in [-0.05, 0) is 17.4 Å². The molecule has 1 aromatic heterocycles. The monoisotopic (exact) mass is 304 g/mol. The van der Waals surface area contributed by atoms with Crippen LogP contribution in [-0.2, 0) is 12.8 Å². The number of aromatic nitrogens is 2. The van der Waals surface area contributed by atoms with Gasteiger partial charge in [0, 0.05) is 17.7 Å². The molecule has 0 saturated heterocycles. The van der Waals surface area contributed by atoms with E-state index in [0.717, 1.165) is 24.4 Å². The summed E-state index contributed by atoms with van der Waals surface area (Å²) in [7, 11) is 0. The lowest BCUT2D eigenvalue weighted by Gasteiger charge is -2.17. The molecule has 23 heavy (non-hydrogen) atoms. The SMILES string of the molecule is CC(C)(C)Cc1[nH]c(Cc2ccccc2)nc1-c1ccccc1. The van der Waals surface area contributed by atoms with Gasteiger partial charge in [-0.15, -0.1) is 0 Å². The normalized spacial score (nSPS) is 11.6. The molecule has 0 aliphatic rings. The van der Waals surface area contributed by atoms with E-state index < -0.39 is 0 Å². The van der Waals surface area contributed by atoms with Gasteiger partial charge in [-0.2, -0.15) is 0 Å². The van der Waals surface area contributed by atoms with Crippen molar-refractivity contribution in [2.75, 3.05) is 0 Å². The molecule has 3 rings (SSSR count). The summed E-state index contributed by atoms with van der Waals surface area (Å²) in [5.74, 6) is 1.04. The second-order valence-corrected chi connectivity index (χ2v) is 7.28. The Balaban J connectivity index is 1.96. The highest BCUT2D eigenvalue weighted by Gasteiger charge is 2.19. The third-order valence-electron chi connectivity index (χ3n) is 3.80. The number of aromatic amines is 1. The first-order valence-electron chi connectivity index (χ1n) is 8.18. The molecular formula is C21H24N2. The molecule has 0 unspecified atom stereocenters. The molecule has 0 bridgehead atoms. The van der Waals surface area contributed by atoms with E-state index in [9.17, 15) is 0 Å². The molecule has 118 valence electrons. The van der Waals surface area contributed by atoms with Crippen LogP contribution in [-0.4, -0.2) is 9.97 Å². The van der Waals surface area contributed by atoms with Crippen molar-refractivity contribution in [2.24, 2.45) is 5.41 Å². The molecule has 1 heterocycles. The predicted octanol–water partition coefficient (Wildman–Crippen LogP) is 5.26. The molecule has 0 amide bonds. The van der Waals surface area contributed by atoms with Crippen LogP contribution in [0.15, 0.2) is 60.7 Å². The molecule has 3 aromatic rings. The standard InChI is InChI=1S/C21H24N2/c1-21(2,3)15-18-20(17-12-8-5-9-13-17)23-19(22-18)14-16-10-6-4-7-11-16/h4-13H,14-15H2,1-3H3,(H,22,23). The van der Waals surface area contributed by atoms with Gasteiger partial charge in [-0.25, -0.2) is 4.98 Å². The Morgan fingerprint density at radius 2 is 1.48 bits per heavy atom. The second-order valence-electron chi connectivity index (χ2n) is 7.28. The van der Waals surface area contributed by atoms with Crippen molar-refractivity contribution in [2.45, 2.75) is 33.6 Å². The maximum atomic E-state index is 4.90. The molecule has 1 N–H and O–H groups in total. The maximum Gasteiger partial charge on any atom is 0.111 e. The zero-order chi connectivity index (χ0) is 16.3. The minimum Gasteiger partial charge on any atom is -0.345 e. The van der Waals surface area contributed by atoms with Crippen molar-refractivity contribution in [3.63, 3.8) is 0 Å². The molecule has 2 aromatic carbocycles. The van der Waals surface area contributed by atoms with Gasteiger partial charge in [-0.1, -0.05) is 81.4 Å². The number of nitrogens with zero attached hydrogens (tertiary/aromatic N) is 1. The highest BCUT2D eigenvalue weighted by molar-refractivity contribution is 5.62. The van der Waals surface area contributed by atoms with E-state index in [0.29, 0.717) is 0 Å². The summed E-state index contributed by atoms with van der Waals surface area (Å²) in [6.07, 6.45) is 1.82. The van der Waals surface area contributed by atoms with Crippen molar-refractivity contribution in [3.8, 4) is 11.3 Å². The van der Waals surface area contributed by atoms with Crippen LogP contribution in [0.1, 0.15) is 37.9 Å². The number of benzene rings is 2. The van der Waals surface area contributed by atoms with E-state index in [4.69, 9.17) is 4.98 Å². The quantitative estimate of drug-likeness (QED) is 0.700. The smallest absolute Gasteiger partial charge is 0.111 e. The average molecular weight is 304 g/mol. The lowest BCUT2D eigenvalue weighted by atomic mass is 9.89. The van der Waals surface area contributed by atoms with Crippen LogP contribution < -0.4 is 0 Å². The number of imidazole rings is 1. The molecular weight excluding hydrogens is 280 g/mol. The first-order valence-corrected chi connectivity index (χ1v) is 8.18. The summed E-state index contributed by atoms with van der Waals surface area (Å²) in [6, 6.07) is 20.9. The zero-order valence-corrected chi connectivity index (χ0v) is 14.1. The molecule has 0 atom stereocenters. The average Bonchev–Trinajstić information content (AvgIpc) is 2.89. The van der Waals surface area contributed by atoms with Crippen LogP contribution in [0.4, 0.5) is 0 Å². The highest BCUT2D eigenvalue weighted by Crippen LogP contribution is 2.28. The van der Waals surface area contributed by atoms with Crippen LogP contribution in [0, 0.1) is 5.41 Å². The van der Waals surface area contributed by atoms with E-state index in [1.807, 2.05) is 12.1 Å². The summed E-state index contributed by atoms with van der Waals surface area (Å²) in [5, 5.41) is 0. The Bertz CT molecular complexity index is 750. The predicted molar refractivity (Wildman–Crippen MR) is 96.4 cm³/mol. The van der Waals surface area contributed by atoms with Gasteiger partial charge in [0.05, 0.1) is 5.69 Å². The van der Waals surface area contributed by atoms with E-state index >= 15 is 0 Å². The van der Waals surface area contributed by atoms with Crippen molar-refractivity contribution in [3.05, 3.63) is 77.7 Å². The van der Waals surface area contributed by atoms with Crippen LogP contribution in [0.2, 0.25) is 0 Å². The van der Waals surface area contributed by atoms with E-state index in [2.05, 4.69) is 74.3 Å². The molecule has 0 aliphatic heterocycles. The van der Waals surface area contributed by atoms with E-state index in [1.165, 1.54) is 16.8 Å². The van der Waals surface area contributed by atoms with Gasteiger partial charge >= 0.3 is 0 Å². The number of hydrogen-bond donors (Lipinski definition) is 1. The van der Waals surface area contributed by atoms with Crippen molar-refractivity contribution in [1.29, 1.82) is 0 Å². The molecule has 0 saturated carbocycles. The fourth-order valence-electron chi connectivity index (χ4n) is 2.83. The molecule has 2 nitrogen and oxygen atoms in total. The number of rotatable bonds is 4. The van der Waals surface area contributed by atoms with Crippen molar-refractivity contribution < 1.29 is 0 Å². The molecule has 0 fully saturated rings. The summed E-state index contributed by atoms with van der Waals surface area (Å²) >= 11 is 0. The summed E-state index contributed by atoms with van der Waals surface area (Å²) in [6.45, 7) is 6.79. The van der Waals surface area contributed by atoms with Crippen LogP contribution in [0.5, 0.6) is 0 Å². The summed E-state index contributed by atoms with van der Waals surface area (Å²) in [4.78, 5) is 8.48. The molecule has 0 spiro atoms. The van der Waals surface area contributed by atoms with E-state index in [1.54, 1.807) is 0 Å². The first-order chi connectivity index (χ1) is 11.0. The number of H-pyrrole nitrogens is 1. The number of hydrogen-bond acceptors (Lipinski definition) is 1. The Morgan fingerprint density at radius 3 is 2.09 bits per heavy atom. The summed E-state index contributed by atoms with van der Waals surface area (Å²) in [5.41, 5.74) is 5.01. The minimum absolute atomic E-state index is 0.222.